The van der Waals surface area contributed by atoms with Crippen LogP contribution in [0.25, 0.3) is 0 Å². The van der Waals surface area contributed by atoms with E-state index >= 15 is 0 Å². The molecule has 2 rings (SSSR count). The first kappa shape index (κ1) is 14.8. The quantitative estimate of drug-likeness (QED) is 0.916. The van der Waals surface area contributed by atoms with Gasteiger partial charge in [-0.15, -0.1) is 0 Å². The van der Waals surface area contributed by atoms with Gasteiger partial charge in [0.2, 0.25) is 0 Å². The summed E-state index contributed by atoms with van der Waals surface area (Å²) in [5.41, 5.74) is 0.737. The molecule has 1 amide bonds. The van der Waals surface area contributed by atoms with E-state index in [0.717, 1.165) is 0 Å². The molecule has 0 aliphatic heterocycles. The van der Waals surface area contributed by atoms with Gasteiger partial charge in [0.05, 0.1) is 19.3 Å². The fourth-order valence-corrected chi connectivity index (χ4v) is 1.88. The molecule has 0 fully saturated rings. The first-order valence-corrected chi connectivity index (χ1v) is 6.52. The fourth-order valence-electron chi connectivity index (χ4n) is 1.88. The molecule has 0 aromatic heterocycles. The number of nitrogens with one attached hydrogen (secondary N) is 1. The molecule has 0 saturated heterocycles. The van der Waals surface area contributed by atoms with Crippen LogP contribution >= 0.6 is 0 Å². The van der Waals surface area contributed by atoms with E-state index in [2.05, 4.69) is 5.32 Å². The van der Waals surface area contributed by atoms with E-state index in [0.29, 0.717) is 23.6 Å². The maximum absolute atomic E-state index is 13.7. The maximum Gasteiger partial charge on any atom is 0.259 e. The predicted octanol–water partition coefficient (Wildman–Crippen LogP) is 3.49. The first-order chi connectivity index (χ1) is 10.2. The zero-order chi connectivity index (χ0) is 15.2. The van der Waals surface area contributed by atoms with Gasteiger partial charge in [-0.1, -0.05) is 12.1 Å². The smallest absolute Gasteiger partial charge is 0.259 e. The molecule has 0 unspecified atom stereocenters. The highest BCUT2D eigenvalue weighted by Crippen LogP contribution is 2.23. The van der Waals surface area contributed by atoms with Gasteiger partial charge < -0.3 is 14.8 Å². The molecule has 110 valence electrons. The van der Waals surface area contributed by atoms with Gasteiger partial charge in [0, 0.05) is 11.8 Å². The number of halogens is 1. The SMILES string of the molecule is CCOc1ccc(NC(=O)c2ccccc2OC)cc1F. The second kappa shape index (κ2) is 6.74. The summed E-state index contributed by atoms with van der Waals surface area (Å²) in [6, 6.07) is 11.1. The standard InChI is InChI=1S/C16H16FNO3/c1-3-21-15-9-8-11(10-13(15)17)18-16(19)12-6-4-5-7-14(12)20-2/h4-10H,3H2,1-2H3,(H,18,19). The van der Waals surface area contributed by atoms with Crippen LogP contribution in [0.15, 0.2) is 42.5 Å². The number of methoxy groups -OCH3 is 1. The number of carbonyl (C=O) groups is 1. The zero-order valence-electron chi connectivity index (χ0n) is 11.9. The molecule has 0 aliphatic rings. The molecule has 0 heterocycles. The molecule has 1 N–H and O–H groups in total. The van der Waals surface area contributed by atoms with Crippen LogP contribution in [0.5, 0.6) is 11.5 Å². The lowest BCUT2D eigenvalue weighted by molar-refractivity contribution is 0.102. The van der Waals surface area contributed by atoms with Crippen LogP contribution in [0.3, 0.4) is 0 Å². The number of amides is 1. The van der Waals surface area contributed by atoms with Gasteiger partial charge in [0.15, 0.2) is 11.6 Å². The predicted molar refractivity (Wildman–Crippen MR) is 78.5 cm³/mol. The minimum Gasteiger partial charge on any atom is -0.496 e. The van der Waals surface area contributed by atoms with Crippen molar-refractivity contribution >= 4 is 11.6 Å². The third kappa shape index (κ3) is 3.51. The van der Waals surface area contributed by atoms with Crippen molar-refractivity contribution in [2.75, 3.05) is 19.0 Å². The van der Waals surface area contributed by atoms with Crippen molar-refractivity contribution in [3.8, 4) is 11.5 Å². The highest BCUT2D eigenvalue weighted by atomic mass is 19.1. The Kier molecular flexibility index (Phi) is 4.77. The monoisotopic (exact) mass is 289 g/mol. The molecule has 0 bridgehead atoms. The molecule has 0 radical (unpaired) electrons. The van der Waals surface area contributed by atoms with Crippen LogP contribution in [-0.4, -0.2) is 19.6 Å². The van der Waals surface area contributed by atoms with Crippen LogP contribution in [0, 0.1) is 5.82 Å². The topological polar surface area (TPSA) is 47.6 Å². The summed E-state index contributed by atoms with van der Waals surface area (Å²) in [5, 5.41) is 2.63. The average Bonchev–Trinajstić information content (AvgIpc) is 2.50. The summed E-state index contributed by atoms with van der Waals surface area (Å²) in [4.78, 5) is 12.2. The molecular weight excluding hydrogens is 273 g/mol. The number of hydrogen-bond donors (Lipinski definition) is 1. The van der Waals surface area contributed by atoms with E-state index in [4.69, 9.17) is 9.47 Å². The highest BCUT2D eigenvalue weighted by Gasteiger charge is 2.12. The molecule has 2 aromatic rings. The lowest BCUT2D eigenvalue weighted by Crippen LogP contribution is -2.13. The third-order valence-electron chi connectivity index (χ3n) is 2.84. The minimum absolute atomic E-state index is 0.160. The maximum atomic E-state index is 13.7. The number of carbonyl (C=O) groups excluding carboxylic acids is 1. The third-order valence-corrected chi connectivity index (χ3v) is 2.84. The summed E-state index contributed by atoms with van der Waals surface area (Å²) < 4.78 is 24.0. The number of hydrogen-bond acceptors (Lipinski definition) is 3. The zero-order valence-corrected chi connectivity index (χ0v) is 11.9. The summed E-state index contributed by atoms with van der Waals surface area (Å²) >= 11 is 0. The molecule has 0 spiro atoms. The van der Waals surface area contributed by atoms with Gasteiger partial charge in [-0.3, -0.25) is 4.79 Å². The Bertz CT molecular complexity index is 643. The number of para-hydroxylation sites is 1. The van der Waals surface area contributed by atoms with Gasteiger partial charge in [-0.05, 0) is 31.2 Å². The summed E-state index contributed by atoms with van der Waals surface area (Å²) in [6.45, 7) is 2.15. The second-order valence-electron chi connectivity index (χ2n) is 4.23. The number of anilines is 1. The van der Waals surface area contributed by atoms with Gasteiger partial charge in [0.25, 0.3) is 5.91 Å². The van der Waals surface area contributed by atoms with Crippen molar-refractivity contribution < 1.29 is 18.7 Å². The fraction of sp³-hybridized carbons (Fsp3) is 0.188. The van der Waals surface area contributed by atoms with Gasteiger partial charge in [-0.25, -0.2) is 4.39 Å². The van der Waals surface area contributed by atoms with Crippen molar-refractivity contribution in [1.82, 2.24) is 0 Å². The molecule has 21 heavy (non-hydrogen) atoms. The summed E-state index contributed by atoms with van der Waals surface area (Å²) in [5.74, 6) is -0.264. The largest absolute Gasteiger partial charge is 0.496 e. The van der Waals surface area contributed by atoms with Crippen molar-refractivity contribution in [2.24, 2.45) is 0 Å². The van der Waals surface area contributed by atoms with Crippen LogP contribution in [0.1, 0.15) is 17.3 Å². The van der Waals surface area contributed by atoms with Crippen LogP contribution in [0.2, 0.25) is 0 Å². The molecular formula is C16H16FNO3. The average molecular weight is 289 g/mol. The summed E-state index contributed by atoms with van der Waals surface area (Å²) in [6.07, 6.45) is 0. The minimum atomic E-state index is -0.519. The van der Waals surface area contributed by atoms with E-state index in [1.54, 1.807) is 37.3 Å². The Morgan fingerprint density at radius 3 is 2.62 bits per heavy atom. The molecule has 0 atom stereocenters. The van der Waals surface area contributed by atoms with E-state index in [1.807, 2.05) is 0 Å². The van der Waals surface area contributed by atoms with Crippen molar-refractivity contribution in [2.45, 2.75) is 6.92 Å². The number of ether oxygens (including phenoxy) is 2. The Morgan fingerprint density at radius 1 is 1.19 bits per heavy atom. The normalized spacial score (nSPS) is 10.0. The number of benzene rings is 2. The van der Waals surface area contributed by atoms with Gasteiger partial charge in [-0.2, -0.15) is 0 Å². The van der Waals surface area contributed by atoms with E-state index in [1.165, 1.54) is 19.2 Å². The lowest BCUT2D eigenvalue weighted by atomic mass is 10.2. The Labute approximate surface area is 122 Å². The lowest BCUT2D eigenvalue weighted by Gasteiger charge is -2.10. The van der Waals surface area contributed by atoms with Gasteiger partial charge in [0.1, 0.15) is 5.75 Å². The van der Waals surface area contributed by atoms with Crippen molar-refractivity contribution in [3.63, 3.8) is 0 Å². The van der Waals surface area contributed by atoms with E-state index in [9.17, 15) is 9.18 Å². The molecule has 5 heteroatoms. The van der Waals surface area contributed by atoms with Gasteiger partial charge >= 0.3 is 0 Å². The number of rotatable bonds is 5. The van der Waals surface area contributed by atoms with Crippen LogP contribution in [-0.2, 0) is 0 Å². The Balaban J connectivity index is 2.18. The Hall–Kier alpha value is -2.56. The second-order valence-corrected chi connectivity index (χ2v) is 4.23. The molecule has 0 aliphatic carbocycles. The Morgan fingerprint density at radius 2 is 1.95 bits per heavy atom. The van der Waals surface area contributed by atoms with E-state index in [-0.39, 0.29) is 11.7 Å². The molecule has 2 aromatic carbocycles. The van der Waals surface area contributed by atoms with E-state index < -0.39 is 5.82 Å². The first-order valence-electron chi connectivity index (χ1n) is 6.52. The van der Waals surface area contributed by atoms with Crippen molar-refractivity contribution in [3.05, 3.63) is 53.8 Å². The van der Waals surface area contributed by atoms with Crippen LogP contribution in [0.4, 0.5) is 10.1 Å². The summed E-state index contributed by atoms with van der Waals surface area (Å²) in [7, 11) is 1.49. The highest BCUT2D eigenvalue weighted by molar-refractivity contribution is 6.06. The molecule has 0 saturated carbocycles. The van der Waals surface area contributed by atoms with Crippen molar-refractivity contribution in [1.29, 1.82) is 0 Å². The van der Waals surface area contributed by atoms with Crippen LogP contribution < -0.4 is 14.8 Å². The molecule has 4 nitrogen and oxygen atoms in total.